The van der Waals surface area contributed by atoms with E-state index in [0.717, 1.165) is 30.7 Å². The molecule has 5 nitrogen and oxygen atoms in total. The van der Waals surface area contributed by atoms with Crippen molar-refractivity contribution in [3.8, 4) is 0 Å². The van der Waals surface area contributed by atoms with Gasteiger partial charge in [0.15, 0.2) is 0 Å². The summed E-state index contributed by atoms with van der Waals surface area (Å²) in [5.41, 5.74) is 0.301. The molecule has 2 saturated carbocycles. The highest BCUT2D eigenvalue weighted by Crippen LogP contribution is 2.47. The van der Waals surface area contributed by atoms with Crippen LogP contribution >= 0.6 is 0 Å². The van der Waals surface area contributed by atoms with Gasteiger partial charge in [0.25, 0.3) is 5.56 Å². The molecule has 2 saturated heterocycles. The standard InChI is InChI=1S/C25H33N3O2/c29-24-22-9-1-2-10-23(22)26-25(30)28(24)21-14-18-7-4-8-19(15-21)27(18)20-12-16-5-3-6-17(11-16)13-20/h1-2,9-10,16-21H,3-8,11-15H2,(H,26,30)/t16-,17+,18-,19+,20?,21+. The number of nitrogens with zero attached hydrogens (tertiary/aromatic N) is 2. The van der Waals surface area contributed by atoms with Gasteiger partial charge in [-0.3, -0.25) is 14.3 Å². The molecule has 30 heavy (non-hydrogen) atoms. The van der Waals surface area contributed by atoms with E-state index < -0.39 is 0 Å². The highest BCUT2D eigenvalue weighted by molar-refractivity contribution is 5.76. The van der Waals surface area contributed by atoms with E-state index in [1.165, 1.54) is 57.8 Å². The largest absolute Gasteiger partial charge is 0.329 e. The predicted octanol–water partition coefficient (Wildman–Crippen LogP) is 4.22. The second kappa shape index (κ2) is 7.37. The smallest absolute Gasteiger partial charge is 0.307 e. The molecular formula is C25H33N3O2. The second-order valence-electron chi connectivity index (χ2n) is 10.5. The maximum atomic E-state index is 13.2. The van der Waals surface area contributed by atoms with Gasteiger partial charge in [0.2, 0.25) is 0 Å². The minimum Gasteiger partial charge on any atom is -0.307 e. The lowest BCUT2D eigenvalue weighted by molar-refractivity contribution is -0.0494. The SMILES string of the molecule is O=c1[nH]c2ccccc2c(=O)n1[C@H]1C[C@H]2CCC[C@@H](C1)N2C1C[C@H]2CCC[C@@H](C1)C2. The first-order valence-electron chi connectivity index (χ1n) is 12.2. The zero-order valence-corrected chi connectivity index (χ0v) is 17.8. The number of rotatable bonds is 2. The Morgan fingerprint density at radius 1 is 0.733 bits per heavy atom. The molecule has 6 atom stereocenters. The summed E-state index contributed by atoms with van der Waals surface area (Å²) in [6.07, 6.45) is 14.2. The highest BCUT2D eigenvalue weighted by Gasteiger charge is 2.45. The fourth-order valence-electron chi connectivity index (χ4n) is 7.64. The summed E-state index contributed by atoms with van der Waals surface area (Å²) in [7, 11) is 0. The number of nitrogens with one attached hydrogen (secondary N) is 1. The van der Waals surface area contributed by atoms with Gasteiger partial charge < -0.3 is 4.98 Å². The number of aromatic nitrogens is 2. The van der Waals surface area contributed by atoms with Crippen LogP contribution in [0.15, 0.2) is 33.9 Å². The molecule has 4 fully saturated rings. The second-order valence-corrected chi connectivity index (χ2v) is 10.5. The van der Waals surface area contributed by atoms with E-state index in [-0.39, 0.29) is 17.3 Å². The monoisotopic (exact) mass is 407 g/mol. The van der Waals surface area contributed by atoms with Crippen molar-refractivity contribution in [3.63, 3.8) is 0 Å². The van der Waals surface area contributed by atoms with Crippen molar-refractivity contribution in [1.29, 1.82) is 0 Å². The molecule has 0 spiro atoms. The lowest BCUT2D eigenvalue weighted by atomic mass is 9.68. The molecule has 4 aliphatic rings. The van der Waals surface area contributed by atoms with Crippen LogP contribution in [0.3, 0.4) is 0 Å². The van der Waals surface area contributed by atoms with Crippen LogP contribution in [0, 0.1) is 11.8 Å². The molecule has 2 aliphatic carbocycles. The van der Waals surface area contributed by atoms with Crippen LogP contribution in [-0.4, -0.2) is 32.6 Å². The highest BCUT2D eigenvalue weighted by atomic mass is 16.2. The Morgan fingerprint density at radius 3 is 2.13 bits per heavy atom. The molecule has 0 radical (unpaired) electrons. The summed E-state index contributed by atoms with van der Waals surface area (Å²) in [5.74, 6) is 1.87. The summed E-state index contributed by atoms with van der Waals surface area (Å²) in [6.45, 7) is 0. The number of benzene rings is 1. The van der Waals surface area contributed by atoms with Crippen LogP contribution in [0.4, 0.5) is 0 Å². The van der Waals surface area contributed by atoms with Crippen LogP contribution in [0.2, 0.25) is 0 Å². The number of aromatic amines is 1. The summed E-state index contributed by atoms with van der Waals surface area (Å²) in [4.78, 5) is 31.9. The number of hydrogen-bond donors (Lipinski definition) is 1. The average Bonchev–Trinajstić information content (AvgIpc) is 2.73. The fourth-order valence-corrected chi connectivity index (χ4v) is 7.64. The number of para-hydroxylation sites is 1. The van der Waals surface area contributed by atoms with E-state index in [1.54, 1.807) is 4.57 Å². The third kappa shape index (κ3) is 3.08. The number of H-pyrrole nitrogens is 1. The molecule has 1 aromatic carbocycles. The molecule has 1 aromatic heterocycles. The predicted molar refractivity (Wildman–Crippen MR) is 119 cm³/mol. The van der Waals surface area contributed by atoms with E-state index >= 15 is 0 Å². The van der Waals surface area contributed by atoms with Crippen LogP contribution in [-0.2, 0) is 0 Å². The maximum absolute atomic E-state index is 13.2. The molecule has 5 heteroatoms. The molecule has 0 amide bonds. The van der Waals surface area contributed by atoms with Gasteiger partial charge in [-0.1, -0.05) is 37.8 Å². The molecule has 1 N–H and O–H groups in total. The van der Waals surface area contributed by atoms with Crippen LogP contribution in [0.25, 0.3) is 10.9 Å². The summed E-state index contributed by atoms with van der Waals surface area (Å²) in [6, 6.07) is 9.22. The van der Waals surface area contributed by atoms with Gasteiger partial charge in [-0.15, -0.1) is 0 Å². The van der Waals surface area contributed by atoms with Crippen molar-refractivity contribution in [3.05, 3.63) is 45.1 Å². The third-order valence-electron chi connectivity index (χ3n) is 8.73. The first-order chi connectivity index (χ1) is 14.7. The van der Waals surface area contributed by atoms with Crippen molar-refractivity contribution >= 4 is 10.9 Å². The maximum Gasteiger partial charge on any atom is 0.329 e. The normalized spacial score (nSPS) is 36.7. The van der Waals surface area contributed by atoms with E-state index in [4.69, 9.17) is 0 Å². The fraction of sp³-hybridized carbons (Fsp3) is 0.680. The van der Waals surface area contributed by atoms with Gasteiger partial charge >= 0.3 is 5.69 Å². The van der Waals surface area contributed by atoms with Gasteiger partial charge in [-0.05, 0) is 68.9 Å². The number of hydrogen-bond acceptors (Lipinski definition) is 3. The van der Waals surface area contributed by atoms with Gasteiger partial charge in [-0.2, -0.15) is 0 Å². The van der Waals surface area contributed by atoms with Crippen molar-refractivity contribution < 1.29 is 0 Å². The molecule has 1 unspecified atom stereocenters. The van der Waals surface area contributed by atoms with Crippen LogP contribution < -0.4 is 11.2 Å². The molecule has 6 rings (SSSR count). The molecule has 2 aliphatic heterocycles. The Bertz CT molecular complexity index is 1030. The zero-order chi connectivity index (χ0) is 20.2. The Labute approximate surface area is 177 Å². The van der Waals surface area contributed by atoms with Gasteiger partial charge in [0.05, 0.1) is 10.9 Å². The molecule has 3 heterocycles. The van der Waals surface area contributed by atoms with Crippen molar-refractivity contribution in [1.82, 2.24) is 14.5 Å². The summed E-state index contributed by atoms with van der Waals surface area (Å²) in [5, 5.41) is 0.629. The number of piperidine rings is 2. The van der Waals surface area contributed by atoms with Crippen molar-refractivity contribution in [2.45, 2.75) is 94.8 Å². The van der Waals surface area contributed by atoms with Crippen LogP contribution in [0.5, 0.6) is 0 Å². The van der Waals surface area contributed by atoms with Crippen molar-refractivity contribution in [2.75, 3.05) is 0 Å². The van der Waals surface area contributed by atoms with Crippen LogP contribution in [0.1, 0.15) is 76.7 Å². The van der Waals surface area contributed by atoms with E-state index in [2.05, 4.69) is 9.88 Å². The first kappa shape index (κ1) is 18.9. The molecule has 160 valence electrons. The van der Waals surface area contributed by atoms with Crippen molar-refractivity contribution in [2.24, 2.45) is 11.8 Å². The first-order valence-corrected chi connectivity index (χ1v) is 12.2. The molecule has 4 bridgehead atoms. The van der Waals surface area contributed by atoms with E-state index in [9.17, 15) is 9.59 Å². The summed E-state index contributed by atoms with van der Waals surface area (Å²) >= 11 is 0. The Morgan fingerprint density at radius 2 is 1.40 bits per heavy atom. The average molecular weight is 408 g/mol. The van der Waals surface area contributed by atoms with Gasteiger partial charge in [-0.25, -0.2) is 4.79 Å². The zero-order valence-electron chi connectivity index (χ0n) is 17.8. The Hall–Kier alpha value is -1.88. The minimum absolute atomic E-state index is 0.0282. The minimum atomic E-state index is -0.234. The Balaban J connectivity index is 1.31. The third-order valence-corrected chi connectivity index (χ3v) is 8.73. The Kier molecular flexibility index (Phi) is 4.63. The molecule has 2 aromatic rings. The topological polar surface area (TPSA) is 58.1 Å². The van der Waals surface area contributed by atoms with Gasteiger partial charge in [0, 0.05) is 24.2 Å². The molecular weight excluding hydrogens is 374 g/mol. The van der Waals surface area contributed by atoms with E-state index in [1.807, 2.05) is 24.3 Å². The quantitative estimate of drug-likeness (QED) is 0.811. The van der Waals surface area contributed by atoms with E-state index in [0.29, 0.717) is 23.0 Å². The van der Waals surface area contributed by atoms with Gasteiger partial charge in [0.1, 0.15) is 0 Å². The lowest BCUT2D eigenvalue weighted by Gasteiger charge is -2.55. The summed E-state index contributed by atoms with van der Waals surface area (Å²) < 4.78 is 1.56. The lowest BCUT2D eigenvalue weighted by Crippen LogP contribution is -2.59. The number of fused-ring (bicyclic) bond motifs is 5.